The van der Waals surface area contributed by atoms with E-state index in [2.05, 4.69) is 10.2 Å². The predicted molar refractivity (Wildman–Crippen MR) is 59.7 cm³/mol. The van der Waals surface area contributed by atoms with Crippen molar-refractivity contribution in [2.45, 2.75) is 38.8 Å². The van der Waals surface area contributed by atoms with Gasteiger partial charge in [0.05, 0.1) is 12.6 Å². The van der Waals surface area contributed by atoms with Crippen LogP contribution in [0.25, 0.3) is 0 Å². The van der Waals surface area contributed by atoms with Gasteiger partial charge >= 0.3 is 5.97 Å². The van der Waals surface area contributed by atoms with Crippen molar-refractivity contribution >= 4 is 5.97 Å². The Morgan fingerprint density at radius 3 is 2.87 bits per heavy atom. The molecule has 0 bridgehead atoms. The van der Waals surface area contributed by atoms with Gasteiger partial charge in [0, 0.05) is 12.6 Å². The van der Waals surface area contributed by atoms with Gasteiger partial charge in [-0.05, 0) is 40.3 Å². The minimum absolute atomic E-state index is 0.0182. The first-order chi connectivity index (χ1) is 7.09. The highest BCUT2D eigenvalue weighted by atomic mass is 16.5. The first kappa shape index (κ1) is 12.5. The van der Waals surface area contributed by atoms with Crippen LogP contribution in [0.1, 0.15) is 26.7 Å². The fourth-order valence-electron chi connectivity index (χ4n) is 1.84. The normalized spacial score (nSPS) is 22.1. The molecule has 1 heterocycles. The Kier molecular flexibility index (Phi) is 5.05. The zero-order valence-corrected chi connectivity index (χ0v) is 9.95. The molecule has 4 nitrogen and oxygen atoms in total. The van der Waals surface area contributed by atoms with Crippen molar-refractivity contribution in [1.82, 2.24) is 10.2 Å². The Hall–Kier alpha value is -0.610. The third-order valence-corrected chi connectivity index (χ3v) is 2.64. The van der Waals surface area contributed by atoms with Crippen LogP contribution in [-0.2, 0) is 9.53 Å². The van der Waals surface area contributed by atoms with E-state index in [0.29, 0.717) is 12.6 Å². The van der Waals surface area contributed by atoms with Gasteiger partial charge < -0.3 is 10.1 Å². The lowest BCUT2D eigenvalue weighted by molar-refractivity contribution is -0.148. The molecule has 1 aliphatic rings. The van der Waals surface area contributed by atoms with E-state index >= 15 is 0 Å². The summed E-state index contributed by atoms with van der Waals surface area (Å²) >= 11 is 0. The average molecular weight is 214 g/mol. The van der Waals surface area contributed by atoms with E-state index in [1.165, 1.54) is 12.8 Å². The molecule has 15 heavy (non-hydrogen) atoms. The van der Waals surface area contributed by atoms with Crippen LogP contribution in [0.15, 0.2) is 0 Å². The summed E-state index contributed by atoms with van der Waals surface area (Å²) in [6.07, 6.45) is 2.34. The number of carbonyl (C=O) groups is 1. The van der Waals surface area contributed by atoms with E-state index in [9.17, 15) is 4.79 Å². The Morgan fingerprint density at radius 2 is 2.33 bits per heavy atom. The minimum Gasteiger partial charge on any atom is -0.462 e. The Morgan fingerprint density at radius 1 is 1.60 bits per heavy atom. The fourth-order valence-corrected chi connectivity index (χ4v) is 1.84. The predicted octanol–water partition coefficient (Wildman–Crippen LogP) is 0.622. The summed E-state index contributed by atoms with van der Waals surface area (Å²) in [7, 11) is 1.99. The molecule has 0 radical (unpaired) electrons. The molecule has 0 aromatic heterocycles. The molecule has 0 aliphatic carbocycles. The molecule has 1 fully saturated rings. The summed E-state index contributed by atoms with van der Waals surface area (Å²) in [6, 6.07) is 0.471. The maximum Gasteiger partial charge on any atom is 0.320 e. The van der Waals surface area contributed by atoms with Gasteiger partial charge in [0.1, 0.15) is 0 Å². The van der Waals surface area contributed by atoms with Gasteiger partial charge in [0.15, 0.2) is 0 Å². The smallest absolute Gasteiger partial charge is 0.320 e. The van der Waals surface area contributed by atoms with Crippen molar-refractivity contribution in [2.75, 3.05) is 26.7 Å². The number of hydrogen-bond donors (Lipinski definition) is 1. The van der Waals surface area contributed by atoms with Gasteiger partial charge in [-0.1, -0.05) is 0 Å². The van der Waals surface area contributed by atoms with E-state index in [-0.39, 0.29) is 12.1 Å². The lowest BCUT2D eigenvalue weighted by Crippen LogP contribution is -2.46. The van der Waals surface area contributed by atoms with E-state index in [4.69, 9.17) is 4.74 Å². The van der Waals surface area contributed by atoms with Crippen molar-refractivity contribution in [1.29, 1.82) is 0 Å². The molecule has 1 aliphatic heterocycles. The average Bonchev–Trinajstić information content (AvgIpc) is 2.17. The van der Waals surface area contributed by atoms with Crippen LogP contribution < -0.4 is 5.32 Å². The standard InChI is InChI=1S/C11H22N2O2/c1-9(2)15-11(14)8-13(3)10-5-4-6-12-7-10/h9-10,12H,4-8H2,1-3H3. The van der Waals surface area contributed by atoms with Gasteiger partial charge in [0.25, 0.3) is 0 Å². The highest BCUT2D eigenvalue weighted by Gasteiger charge is 2.20. The summed E-state index contributed by atoms with van der Waals surface area (Å²) in [5.41, 5.74) is 0. The van der Waals surface area contributed by atoms with Crippen LogP contribution in [0.3, 0.4) is 0 Å². The van der Waals surface area contributed by atoms with E-state index in [0.717, 1.165) is 13.1 Å². The zero-order chi connectivity index (χ0) is 11.3. The van der Waals surface area contributed by atoms with E-state index in [1.807, 2.05) is 20.9 Å². The topological polar surface area (TPSA) is 41.6 Å². The third kappa shape index (κ3) is 4.62. The molecule has 0 aromatic carbocycles. The molecule has 1 N–H and O–H groups in total. The van der Waals surface area contributed by atoms with Crippen molar-refractivity contribution in [3.8, 4) is 0 Å². The number of carbonyl (C=O) groups excluding carboxylic acids is 1. The Bertz CT molecular complexity index is 201. The van der Waals surface area contributed by atoms with Crippen LogP contribution >= 0.6 is 0 Å². The summed E-state index contributed by atoms with van der Waals surface area (Å²) in [5, 5.41) is 3.34. The van der Waals surface area contributed by atoms with Crippen LogP contribution in [0.5, 0.6) is 0 Å². The Labute approximate surface area is 92.0 Å². The Balaban J connectivity index is 2.27. The molecule has 4 heteroatoms. The molecule has 0 amide bonds. The van der Waals surface area contributed by atoms with Crippen LogP contribution in [0, 0.1) is 0 Å². The van der Waals surface area contributed by atoms with E-state index in [1.54, 1.807) is 0 Å². The summed E-state index contributed by atoms with van der Waals surface area (Å²) < 4.78 is 5.11. The third-order valence-electron chi connectivity index (χ3n) is 2.64. The summed E-state index contributed by atoms with van der Waals surface area (Å²) in [5.74, 6) is -0.127. The SMILES string of the molecule is CC(C)OC(=O)CN(C)C1CCCNC1. The number of likely N-dealkylation sites (N-methyl/N-ethyl adjacent to an activating group) is 1. The van der Waals surface area contributed by atoms with Gasteiger partial charge in [-0.3, -0.25) is 9.69 Å². The number of piperidine rings is 1. The van der Waals surface area contributed by atoms with Gasteiger partial charge in [-0.15, -0.1) is 0 Å². The molecule has 1 unspecified atom stereocenters. The van der Waals surface area contributed by atoms with Crippen molar-refractivity contribution in [3.05, 3.63) is 0 Å². The number of ether oxygens (including phenoxy) is 1. The second kappa shape index (κ2) is 6.08. The van der Waals surface area contributed by atoms with Crippen molar-refractivity contribution in [3.63, 3.8) is 0 Å². The molecule has 1 rings (SSSR count). The van der Waals surface area contributed by atoms with Crippen LogP contribution in [0.4, 0.5) is 0 Å². The molecular weight excluding hydrogens is 192 g/mol. The molecule has 0 spiro atoms. The lowest BCUT2D eigenvalue weighted by atomic mass is 10.1. The van der Waals surface area contributed by atoms with Crippen molar-refractivity contribution in [2.24, 2.45) is 0 Å². The first-order valence-electron chi connectivity index (χ1n) is 5.70. The first-order valence-corrected chi connectivity index (χ1v) is 5.70. The molecule has 1 atom stereocenters. The maximum atomic E-state index is 11.4. The molecule has 0 saturated carbocycles. The summed E-state index contributed by atoms with van der Waals surface area (Å²) in [6.45, 7) is 6.22. The number of hydrogen-bond acceptors (Lipinski definition) is 4. The van der Waals surface area contributed by atoms with Crippen molar-refractivity contribution < 1.29 is 9.53 Å². The van der Waals surface area contributed by atoms with Crippen LogP contribution in [0.2, 0.25) is 0 Å². The summed E-state index contributed by atoms with van der Waals surface area (Å²) in [4.78, 5) is 13.5. The number of nitrogens with one attached hydrogen (secondary N) is 1. The highest BCUT2D eigenvalue weighted by Crippen LogP contribution is 2.08. The number of nitrogens with zero attached hydrogens (tertiary/aromatic N) is 1. The fraction of sp³-hybridized carbons (Fsp3) is 0.909. The van der Waals surface area contributed by atoms with Gasteiger partial charge in [0.2, 0.25) is 0 Å². The number of esters is 1. The van der Waals surface area contributed by atoms with E-state index < -0.39 is 0 Å². The van der Waals surface area contributed by atoms with Gasteiger partial charge in [-0.25, -0.2) is 0 Å². The second-order valence-corrected chi connectivity index (χ2v) is 4.45. The zero-order valence-electron chi connectivity index (χ0n) is 9.95. The maximum absolute atomic E-state index is 11.4. The molecular formula is C11H22N2O2. The quantitative estimate of drug-likeness (QED) is 0.697. The number of rotatable bonds is 4. The highest BCUT2D eigenvalue weighted by molar-refractivity contribution is 5.71. The molecule has 1 saturated heterocycles. The second-order valence-electron chi connectivity index (χ2n) is 4.45. The molecule has 0 aromatic rings. The molecule has 88 valence electrons. The largest absolute Gasteiger partial charge is 0.462 e. The van der Waals surface area contributed by atoms with Crippen LogP contribution in [-0.4, -0.2) is 49.7 Å². The van der Waals surface area contributed by atoms with Gasteiger partial charge in [-0.2, -0.15) is 0 Å². The lowest BCUT2D eigenvalue weighted by Gasteiger charge is -2.31. The minimum atomic E-state index is -0.127. The monoisotopic (exact) mass is 214 g/mol.